The molecule has 3 atom stereocenters. The lowest BCUT2D eigenvalue weighted by atomic mass is 9.79. The molecule has 0 saturated heterocycles. The molecule has 1 aromatic carbocycles. The second-order valence-electron chi connectivity index (χ2n) is 6.13. The monoisotopic (exact) mass is 399 g/mol. The van der Waals surface area contributed by atoms with Crippen LogP contribution in [0.5, 0.6) is 11.5 Å². The molecule has 0 fully saturated rings. The van der Waals surface area contributed by atoms with Gasteiger partial charge in [-0.2, -0.15) is 11.8 Å². The first-order valence-corrected chi connectivity index (χ1v) is 10.2. The second kappa shape index (κ2) is 10.4. The first kappa shape index (κ1) is 23.1. The van der Waals surface area contributed by atoms with Crippen LogP contribution in [0.1, 0.15) is 38.7 Å². The summed E-state index contributed by atoms with van der Waals surface area (Å²) < 4.78 is 15.3. The maximum Gasteiger partial charge on any atom is 0.347 e. The van der Waals surface area contributed by atoms with Crippen LogP contribution in [0.25, 0.3) is 0 Å². The highest BCUT2D eigenvalue weighted by Crippen LogP contribution is 2.37. The summed E-state index contributed by atoms with van der Waals surface area (Å²) in [6.45, 7) is 5.11. The van der Waals surface area contributed by atoms with Crippen LogP contribution in [0.4, 0.5) is 0 Å². The van der Waals surface area contributed by atoms with Crippen LogP contribution in [0.15, 0.2) is 18.2 Å². The summed E-state index contributed by atoms with van der Waals surface area (Å²) in [6.07, 6.45) is 1.14. The van der Waals surface area contributed by atoms with Gasteiger partial charge in [0.05, 0.1) is 13.7 Å². The van der Waals surface area contributed by atoms with Crippen molar-refractivity contribution in [2.75, 3.05) is 25.7 Å². The number of rotatable bonds is 10. The average molecular weight is 400 g/mol. The number of hydrogen-bond donors (Lipinski definition) is 2. The Labute approximate surface area is 164 Å². The Balaban J connectivity index is 3.18. The van der Waals surface area contributed by atoms with Crippen molar-refractivity contribution in [3.05, 3.63) is 23.8 Å². The molecule has 1 rings (SSSR count). The lowest BCUT2D eigenvalue weighted by Crippen LogP contribution is -2.55. The van der Waals surface area contributed by atoms with E-state index in [-0.39, 0.29) is 12.4 Å². The van der Waals surface area contributed by atoms with Gasteiger partial charge in [-0.05, 0) is 44.2 Å². The average Bonchev–Trinajstić information content (AvgIpc) is 2.65. The molecule has 8 heteroatoms. The third kappa shape index (κ3) is 5.52. The Morgan fingerprint density at radius 2 is 2.00 bits per heavy atom. The number of aromatic hydroxyl groups is 1. The number of ether oxygens (including phenoxy) is 3. The first-order chi connectivity index (χ1) is 12.7. The molecule has 0 aliphatic heterocycles. The van der Waals surface area contributed by atoms with E-state index >= 15 is 0 Å². The summed E-state index contributed by atoms with van der Waals surface area (Å²) in [6, 6.07) is 4.93. The Morgan fingerprint density at radius 1 is 1.33 bits per heavy atom. The van der Waals surface area contributed by atoms with Crippen molar-refractivity contribution in [3.8, 4) is 11.5 Å². The van der Waals surface area contributed by atoms with Crippen LogP contribution in [0, 0.1) is 0 Å². The Hall–Kier alpha value is -1.93. The van der Waals surface area contributed by atoms with E-state index in [0.717, 1.165) is 0 Å². The van der Waals surface area contributed by atoms with E-state index < -0.39 is 29.5 Å². The van der Waals surface area contributed by atoms with Gasteiger partial charge in [0, 0.05) is 11.7 Å². The number of carbonyl (C=O) groups is 2. The van der Waals surface area contributed by atoms with E-state index in [1.807, 2.05) is 6.26 Å². The van der Waals surface area contributed by atoms with Crippen molar-refractivity contribution >= 4 is 23.7 Å². The molecule has 0 aromatic heterocycles. The number of nitrogens with two attached hydrogens (primary N) is 1. The van der Waals surface area contributed by atoms with E-state index in [4.69, 9.17) is 19.9 Å². The van der Waals surface area contributed by atoms with Crippen molar-refractivity contribution in [3.63, 3.8) is 0 Å². The first-order valence-electron chi connectivity index (χ1n) is 8.77. The van der Waals surface area contributed by atoms with Gasteiger partial charge in [0.1, 0.15) is 5.54 Å². The summed E-state index contributed by atoms with van der Waals surface area (Å²) in [5, 5.41) is 10.1. The lowest BCUT2D eigenvalue weighted by molar-refractivity contribution is -0.170. The topological polar surface area (TPSA) is 108 Å². The molecule has 3 unspecified atom stereocenters. The third-order valence-electron chi connectivity index (χ3n) is 4.43. The van der Waals surface area contributed by atoms with Gasteiger partial charge in [-0.3, -0.25) is 4.79 Å². The van der Waals surface area contributed by atoms with Gasteiger partial charge in [-0.1, -0.05) is 13.0 Å². The van der Waals surface area contributed by atoms with Crippen molar-refractivity contribution in [2.24, 2.45) is 5.73 Å². The third-order valence-corrected chi connectivity index (χ3v) is 5.09. The minimum absolute atomic E-state index is 0.0344. The highest BCUT2D eigenvalue weighted by Gasteiger charge is 2.44. The molecule has 0 amide bonds. The molecule has 0 bridgehead atoms. The van der Waals surface area contributed by atoms with Crippen LogP contribution in [0.3, 0.4) is 0 Å². The number of thioether (sulfide) groups is 1. The standard InChI is InChI=1S/C19H29NO6S/c1-6-19(20,18(23)26-12(3)17(22)25-7-2)14(11-27-5)13-8-9-16(24-4)15(21)10-13/h8-10,12,14,21H,6-7,11,20H2,1-5H3. The highest BCUT2D eigenvalue weighted by atomic mass is 32.2. The zero-order chi connectivity index (χ0) is 20.6. The van der Waals surface area contributed by atoms with Crippen molar-refractivity contribution in [1.82, 2.24) is 0 Å². The highest BCUT2D eigenvalue weighted by molar-refractivity contribution is 7.98. The minimum Gasteiger partial charge on any atom is -0.504 e. The van der Waals surface area contributed by atoms with Crippen LogP contribution < -0.4 is 10.5 Å². The lowest BCUT2D eigenvalue weighted by Gasteiger charge is -2.35. The molecule has 7 nitrogen and oxygen atoms in total. The predicted octanol–water partition coefficient (Wildman–Crippen LogP) is 2.45. The van der Waals surface area contributed by atoms with E-state index in [1.54, 1.807) is 32.0 Å². The number of carbonyl (C=O) groups excluding carboxylic acids is 2. The smallest absolute Gasteiger partial charge is 0.347 e. The number of phenols is 1. The van der Waals surface area contributed by atoms with Gasteiger partial charge in [-0.15, -0.1) is 0 Å². The van der Waals surface area contributed by atoms with Gasteiger partial charge in [0.25, 0.3) is 0 Å². The van der Waals surface area contributed by atoms with Gasteiger partial charge >= 0.3 is 11.9 Å². The molecule has 3 N–H and O–H groups in total. The van der Waals surface area contributed by atoms with Crippen LogP contribution in [-0.2, 0) is 19.1 Å². The van der Waals surface area contributed by atoms with Crippen molar-refractivity contribution < 1.29 is 28.9 Å². The predicted molar refractivity (Wildman–Crippen MR) is 105 cm³/mol. The molecule has 0 radical (unpaired) electrons. The van der Waals surface area contributed by atoms with Crippen LogP contribution in [0.2, 0.25) is 0 Å². The molecule has 1 aromatic rings. The summed E-state index contributed by atoms with van der Waals surface area (Å²) in [5.41, 5.74) is 5.81. The summed E-state index contributed by atoms with van der Waals surface area (Å²) >= 11 is 1.52. The molecule has 0 saturated carbocycles. The van der Waals surface area contributed by atoms with E-state index in [0.29, 0.717) is 23.5 Å². The molecular weight excluding hydrogens is 370 g/mol. The largest absolute Gasteiger partial charge is 0.504 e. The number of esters is 2. The van der Waals surface area contributed by atoms with Crippen molar-refractivity contribution in [2.45, 2.75) is 44.8 Å². The summed E-state index contributed by atoms with van der Waals surface area (Å²) in [7, 11) is 1.46. The van der Waals surface area contributed by atoms with Crippen LogP contribution >= 0.6 is 11.8 Å². The second-order valence-corrected chi connectivity index (χ2v) is 7.04. The van der Waals surface area contributed by atoms with E-state index in [2.05, 4.69) is 0 Å². The Morgan fingerprint density at radius 3 is 2.48 bits per heavy atom. The zero-order valence-corrected chi connectivity index (χ0v) is 17.3. The molecular formula is C19H29NO6S. The van der Waals surface area contributed by atoms with E-state index in [1.165, 1.54) is 25.8 Å². The Kier molecular flexibility index (Phi) is 8.92. The fraction of sp³-hybridized carbons (Fsp3) is 0.579. The number of benzene rings is 1. The summed E-state index contributed by atoms with van der Waals surface area (Å²) in [4.78, 5) is 24.6. The number of phenolic OH excluding ortho intramolecular Hbond substituents is 1. The quantitative estimate of drug-likeness (QED) is 0.578. The normalized spacial score (nSPS) is 15.3. The number of methoxy groups -OCH3 is 1. The molecule has 0 spiro atoms. The molecule has 0 aliphatic rings. The van der Waals surface area contributed by atoms with Crippen molar-refractivity contribution in [1.29, 1.82) is 0 Å². The minimum atomic E-state index is -1.37. The van der Waals surface area contributed by atoms with Gasteiger partial charge in [0.15, 0.2) is 17.6 Å². The zero-order valence-electron chi connectivity index (χ0n) is 16.5. The molecule has 0 aliphatic carbocycles. The SMILES string of the molecule is CCOC(=O)C(C)OC(=O)C(N)(CC)C(CSC)c1ccc(OC)c(O)c1. The summed E-state index contributed by atoms with van der Waals surface area (Å²) in [5.74, 6) is -0.907. The molecule has 0 heterocycles. The van der Waals surface area contributed by atoms with Gasteiger partial charge in [0.2, 0.25) is 0 Å². The fourth-order valence-corrected chi connectivity index (χ4v) is 3.57. The van der Waals surface area contributed by atoms with Gasteiger partial charge in [-0.25, -0.2) is 4.79 Å². The fourth-order valence-electron chi connectivity index (χ4n) is 2.74. The Bertz CT molecular complexity index is 653. The molecule has 27 heavy (non-hydrogen) atoms. The van der Waals surface area contributed by atoms with Crippen LogP contribution in [-0.4, -0.2) is 54.4 Å². The van der Waals surface area contributed by atoms with Gasteiger partial charge < -0.3 is 25.1 Å². The number of hydrogen-bond acceptors (Lipinski definition) is 8. The molecule has 152 valence electrons. The van der Waals surface area contributed by atoms with E-state index in [9.17, 15) is 14.7 Å². The maximum absolute atomic E-state index is 12.9. The maximum atomic E-state index is 12.9.